The molecule has 2 rings (SSSR count). The van der Waals surface area contributed by atoms with Gasteiger partial charge in [0, 0.05) is 15.8 Å². The largest absolute Gasteiger partial charge is 0.309 e. The van der Waals surface area contributed by atoms with Crippen LogP contribution < -0.4 is 5.32 Å². The molecule has 0 bridgehead atoms. The highest BCUT2D eigenvalue weighted by atomic mass is 35.5. The van der Waals surface area contributed by atoms with E-state index in [4.69, 9.17) is 11.6 Å². The fraction of sp³-hybridized carbons (Fsp3) is 0.412. The summed E-state index contributed by atoms with van der Waals surface area (Å²) in [7, 11) is 0. The number of benzene rings is 1. The Morgan fingerprint density at radius 1 is 1.33 bits per heavy atom. The number of rotatable bonds is 6. The zero-order valence-corrected chi connectivity index (χ0v) is 14.2. The Hall–Kier alpha value is -0.900. The Morgan fingerprint density at radius 3 is 2.71 bits per heavy atom. The van der Waals surface area contributed by atoms with Gasteiger partial charge in [-0.25, -0.2) is 4.39 Å². The van der Waals surface area contributed by atoms with E-state index in [1.807, 2.05) is 12.1 Å². The molecule has 0 amide bonds. The van der Waals surface area contributed by atoms with Gasteiger partial charge in [-0.15, -0.1) is 11.3 Å². The first kappa shape index (κ1) is 16.5. The zero-order valence-electron chi connectivity index (χ0n) is 12.7. The number of hydrogen-bond acceptors (Lipinski definition) is 2. The minimum absolute atomic E-state index is 0.135. The summed E-state index contributed by atoms with van der Waals surface area (Å²) in [5.41, 5.74) is 1.96. The van der Waals surface area contributed by atoms with Crippen LogP contribution in [0.4, 0.5) is 4.39 Å². The molecule has 1 aromatic carbocycles. The van der Waals surface area contributed by atoms with E-state index in [-0.39, 0.29) is 16.9 Å². The van der Waals surface area contributed by atoms with Crippen LogP contribution in [0.1, 0.15) is 40.3 Å². The van der Waals surface area contributed by atoms with Gasteiger partial charge >= 0.3 is 0 Å². The van der Waals surface area contributed by atoms with E-state index < -0.39 is 0 Å². The van der Waals surface area contributed by atoms with Crippen molar-refractivity contribution in [2.75, 3.05) is 6.54 Å². The number of nitrogens with one attached hydrogen (secondary N) is 1. The smallest absolute Gasteiger partial charge is 0.145 e. The van der Waals surface area contributed by atoms with Crippen LogP contribution in [0, 0.1) is 19.7 Å². The lowest BCUT2D eigenvalue weighted by atomic mass is 10.0. The van der Waals surface area contributed by atoms with Gasteiger partial charge in [0.05, 0.1) is 5.02 Å². The Labute approximate surface area is 135 Å². The molecule has 1 nitrogen and oxygen atoms in total. The van der Waals surface area contributed by atoms with Gasteiger partial charge in [0.1, 0.15) is 5.82 Å². The van der Waals surface area contributed by atoms with Crippen molar-refractivity contribution in [1.29, 1.82) is 0 Å². The average Bonchev–Trinajstić information content (AvgIpc) is 2.79. The molecule has 114 valence electrons. The molecule has 0 aliphatic rings. The molecular weight excluding hydrogens is 305 g/mol. The molecule has 0 saturated heterocycles. The Kier molecular flexibility index (Phi) is 5.80. The van der Waals surface area contributed by atoms with Crippen LogP contribution in [0.3, 0.4) is 0 Å². The molecule has 4 heteroatoms. The Bertz CT molecular complexity index is 589. The van der Waals surface area contributed by atoms with Crippen LogP contribution >= 0.6 is 22.9 Å². The minimum Gasteiger partial charge on any atom is -0.309 e. The molecule has 0 aliphatic carbocycles. The summed E-state index contributed by atoms with van der Waals surface area (Å²) in [5.74, 6) is -0.299. The van der Waals surface area contributed by atoms with Gasteiger partial charge in [-0.2, -0.15) is 0 Å². The van der Waals surface area contributed by atoms with Crippen LogP contribution in [-0.4, -0.2) is 6.54 Å². The quantitative estimate of drug-likeness (QED) is 0.745. The predicted molar refractivity (Wildman–Crippen MR) is 89.9 cm³/mol. The molecule has 0 saturated carbocycles. The molecule has 2 aromatic rings. The molecule has 1 N–H and O–H groups in total. The van der Waals surface area contributed by atoms with E-state index in [2.05, 4.69) is 32.2 Å². The van der Waals surface area contributed by atoms with Crippen molar-refractivity contribution in [3.05, 3.63) is 56.0 Å². The van der Waals surface area contributed by atoms with Crippen LogP contribution in [0.5, 0.6) is 0 Å². The van der Waals surface area contributed by atoms with Gasteiger partial charge in [0.15, 0.2) is 0 Å². The normalized spacial score (nSPS) is 12.6. The van der Waals surface area contributed by atoms with Crippen molar-refractivity contribution < 1.29 is 4.39 Å². The molecule has 1 heterocycles. The predicted octanol–water partition coefficient (Wildman–Crippen LogP) is 5.44. The van der Waals surface area contributed by atoms with Crippen molar-refractivity contribution in [2.24, 2.45) is 0 Å². The molecule has 1 unspecified atom stereocenters. The maximum absolute atomic E-state index is 14.1. The molecule has 0 aliphatic heterocycles. The highest BCUT2D eigenvalue weighted by Gasteiger charge is 2.17. The molecule has 1 aromatic heterocycles. The van der Waals surface area contributed by atoms with Gasteiger partial charge in [-0.05, 0) is 56.5 Å². The topological polar surface area (TPSA) is 12.0 Å². The number of halogens is 2. The maximum atomic E-state index is 14.1. The second kappa shape index (κ2) is 7.39. The SMILES string of the molecule is CCCNC(Cc1cccc(Cl)c1F)c1cc(C)c(C)s1. The zero-order chi connectivity index (χ0) is 15.4. The lowest BCUT2D eigenvalue weighted by Gasteiger charge is -2.18. The molecule has 0 radical (unpaired) electrons. The fourth-order valence-corrected chi connectivity index (χ4v) is 3.60. The van der Waals surface area contributed by atoms with E-state index in [1.54, 1.807) is 17.4 Å². The summed E-state index contributed by atoms with van der Waals surface area (Å²) in [6.45, 7) is 7.30. The number of aryl methyl sites for hydroxylation is 2. The third-order valence-corrected chi connectivity index (χ3v) is 5.18. The summed E-state index contributed by atoms with van der Waals surface area (Å²) in [6, 6.07) is 7.55. The van der Waals surface area contributed by atoms with Crippen molar-refractivity contribution in [2.45, 2.75) is 39.7 Å². The van der Waals surface area contributed by atoms with E-state index >= 15 is 0 Å². The van der Waals surface area contributed by atoms with E-state index in [0.29, 0.717) is 12.0 Å². The highest BCUT2D eigenvalue weighted by Crippen LogP contribution is 2.30. The second-order valence-electron chi connectivity index (χ2n) is 5.31. The maximum Gasteiger partial charge on any atom is 0.145 e. The van der Waals surface area contributed by atoms with Crippen molar-refractivity contribution in [1.82, 2.24) is 5.32 Å². The molecule has 1 atom stereocenters. The van der Waals surface area contributed by atoms with Crippen molar-refractivity contribution in [3.8, 4) is 0 Å². The van der Waals surface area contributed by atoms with Gasteiger partial charge < -0.3 is 5.32 Å². The van der Waals surface area contributed by atoms with Gasteiger partial charge in [-0.3, -0.25) is 0 Å². The molecule has 0 fully saturated rings. The number of thiophene rings is 1. The first-order valence-corrected chi connectivity index (χ1v) is 8.45. The van der Waals surface area contributed by atoms with Crippen molar-refractivity contribution >= 4 is 22.9 Å². The summed E-state index contributed by atoms with van der Waals surface area (Å²) in [5, 5.41) is 3.72. The Morgan fingerprint density at radius 2 is 2.10 bits per heavy atom. The fourth-order valence-electron chi connectivity index (χ4n) is 2.29. The monoisotopic (exact) mass is 325 g/mol. The van der Waals surface area contributed by atoms with E-state index in [9.17, 15) is 4.39 Å². The molecular formula is C17H21ClFNS. The first-order valence-electron chi connectivity index (χ1n) is 7.26. The lowest BCUT2D eigenvalue weighted by molar-refractivity contribution is 0.519. The highest BCUT2D eigenvalue weighted by molar-refractivity contribution is 7.12. The van der Waals surface area contributed by atoms with Gasteiger partial charge in [0.2, 0.25) is 0 Å². The summed E-state index contributed by atoms with van der Waals surface area (Å²) in [4.78, 5) is 2.58. The third kappa shape index (κ3) is 4.06. The molecule has 0 spiro atoms. The van der Waals surface area contributed by atoms with E-state index in [1.165, 1.54) is 15.3 Å². The summed E-state index contributed by atoms with van der Waals surface area (Å²) in [6.07, 6.45) is 1.67. The van der Waals surface area contributed by atoms with E-state index in [0.717, 1.165) is 13.0 Å². The Balaban J connectivity index is 2.26. The van der Waals surface area contributed by atoms with Crippen LogP contribution in [0.2, 0.25) is 5.02 Å². The number of hydrogen-bond donors (Lipinski definition) is 1. The van der Waals surface area contributed by atoms with Crippen molar-refractivity contribution in [3.63, 3.8) is 0 Å². The van der Waals surface area contributed by atoms with Gasteiger partial charge in [0.25, 0.3) is 0 Å². The van der Waals surface area contributed by atoms with Crippen LogP contribution in [-0.2, 0) is 6.42 Å². The second-order valence-corrected chi connectivity index (χ2v) is 7.01. The van der Waals surface area contributed by atoms with Crippen LogP contribution in [0.25, 0.3) is 0 Å². The average molecular weight is 326 g/mol. The summed E-state index contributed by atoms with van der Waals surface area (Å²) >= 11 is 7.67. The van der Waals surface area contributed by atoms with Crippen LogP contribution in [0.15, 0.2) is 24.3 Å². The standard InChI is InChI=1S/C17H21ClFNS/c1-4-8-20-15(16-9-11(2)12(3)21-16)10-13-6-5-7-14(18)17(13)19/h5-7,9,15,20H,4,8,10H2,1-3H3. The third-order valence-electron chi connectivity index (χ3n) is 3.62. The van der Waals surface area contributed by atoms with Gasteiger partial charge in [-0.1, -0.05) is 30.7 Å². The molecule has 21 heavy (non-hydrogen) atoms. The summed E-state index contributed by atoms with van der Waals surface area (Å²) < 4.78 is 14.1. The lowest BCUT2D eigenvalue weighted by Crippen LogP contribution is -2.23. The minimum atomic E-state index is -0.299. The first-order chi connectivity index (χ1) is 10.0.